The molecule has 0 saturated carbocycles. The summed E-state index contributed by atoms with van der Waals surface area (Å²) in [4.78, 5) is 3.79. The van der Waals surface area contributed by atoms with Crippen molar-refractivity contribution in [1.82, 2.24) is 0 Å². The monoisotopic (exact) mass is 174 g/mol. The predicted octanol–water partition coefficient (Wildman–Crippen LogP) is -1.25. The number of hydrogen-bond donors (Lipinski definition) is 4. The summed E-state index contributed by atoms with van der Waals surface area (Å²) < 4.78 is 0. The van der Waals surface area contributed by atoms with Crippen LogP contribution >= 0.6 is 0 Å². The SMILES string of the molecule is CC(O)[C@@H](N)CCCN=C(N)N. The summed E-state index contributed by atoms with van der Waals surface area (Å²) in [6.07, 6.45) is 1.06. The van der Waals surface area contributed by atoms with Crippen molar-refractivity contribution in [1.29, 1.82) is 0 Å². The van der Waals surface area contributed by atoms with E-state index in [1.54, 1.807) is 6.92 Å². The molecule has 0 spiro atoms. The number of aliphatic hydroxyl groups excluding tert-OH is 1. The topological polar surface area (TPSA) is 111 Å². The molecule has 0 aromatic rings. The summed E-state index contributed by atoms with van der Waals surface area (Å²) in [5, 5.41) is 9.02. The van der Waals surface area contributed by atoms with E-state index in [-0.39, 0.29) is 12.0 Å². The van der Waals surface area contributed by atoms with Gasteiger partial charge >= 0.3 is 0 Å². The highest BCUT2D eigenvalue weighted by molar-refractivity contribution is 5.75. The van der Waals surface area contributed by atoms with Crippen molar-refractivity contribution in [3.05, 3.63) is 0 Å². The lowest BCUT2D eigenvalue weighted by Crippen LogP contribution is -2.32. The second-order valence-electron chi connectivity index (χ2n) is 2.85. The number of aliphatic hydroxyl groups is 1. The summed E-state index contributed by atoms with van der Waals surface area (Å²) in [6.45, 7) is 2.24. The second-order valence-corrected chi connectivity index (χ2v) is 2.85. The van der Waals surface area contributed by atoms with Crippen LogP contribution in [0.3, 0.4) is 0 Å². The number of rotatable bonds is 5. The Morgan fingerprint density at radius 1 is 1.50 bits per heavy atom. The fraction of sp³-hybridized carbons (Fsp3) is 0.857. The Hall–Kier alpha value is -0.810. The van der Waals surface area contributed by atoms with E-state index in [9.17, 15) is 0 Å². The van der Waals surface area contributed by atoms with Gasteiger partial charge in [0.1, 0.15) is 0 Å². The van der Waals surface area contributed by atoms with Crippen LogP contribution in [0.5, 0.6) is 0 Å². The average molecular weight is 174 g/mol. The van der Waals surface area contributed by atoms with Crippen LogP contribution in [0.15, 0.2) is 4.99 Å². The van der Waals surface area contributed by atoms with Crippen LogP contribution in [0.1, 0.15) is 19.8 Å². The Morgan fingerprint density at radius 3 is 2.50 bits per heavy atom. The highest BCUT2D eigenvalue weighted by atomic mass is 16.3. The molecule has 0 aliphatic carbocycles. The number of hydrogen-bond acceptors (Lipinski definition) is 3. The molecule has 72 valence electrons. The zero-order valence-corrected chi connectivity index (χ0v) is 7.40. The maximum atomic E-state index is 9.02. The molecule has 0 fully saturated rings. The molecule has 0 rings (SSSR count). The van der Waals surface area contributed by atoms with Crippen molar-refractivity contribution in [2.24, 2.45) is 22.2 Å². The van der Waals surface area contributed by atoms with Gasteiger partial charge in [0, 0.05) is 12.6 Å². The summed E-state index contributed by atoms with van der Waals surface area (Å²) in [6, 6.07) is -0.181. The maximum Gasteiger partial charge on any atom is 0.185 e. The molecule has 0 aliphatic rings. The Morgan fingerprint density at radius 2 is 2.08 bits per heavy atom. The molecule has 5 heteroatoms. The predicted molar refractivity (Wildman–Crippen MR) is 49.6 cm³/mol. The lowest BCUT2D eigenvalue weighted by Gasteiger charge is -2.12. The van der Waals surface area contributed by atoms with Crippen molar-refractivity contribution in [2.45, 2.75) is 31.9 Å². The summed E-state index contributed by atoms with van der Waals surface area (Å²) in [5.74, 6) is 0.0978. The molecule has 0 aromatic heterocycles. The van der Waals surface area contributed by atoms with Gasteiger partial charge in [-0.3, -0.25) is 4.99 Å². The Balaban J connectivity index is 3.38. The number of aliphatic imine (C=N–C) groups is 1. The minimum absolute atomic E-state index is 0.0978. The molecule has 0 aromatic carbocycles. The van der Waals surface area contributed by atoms with Gasteiger partial charge < -0.3 is 22.3 Å². The molecule has 5 nitrogen and oxygen atoms in total. The molecule has 0 aliphatic heterocycles. The van der Waals surface area contributed by atoms with Gasteiger partial charge in [-0.25, -0.2) is 0 Å². The lowest BCUT2D eigenvalue weighted by molar-refractivity contribution is 0.158. The molecular weight excluding hydrogens is 156 g/mol. The van der Waals surface area contributed by atoms with Gasteiger partial charge in [0.25, 0.3) is 0 Å². The molecule has 0 amide bonds. The number of nitrogens with zero attached hydrogens (tertiary/aromatic N) is 1. The molecule has 2 atom stereocenters. The third kappa shape index (κ3) is 5.94. The largest absolute Gasteiger partial charge is 0.392 e. The normalized spacial score (nSPS) is 15.2. The smallest absolute Gasteiger partial charge is 0.185 e. The van der Waals surface area contributed by atoms with Crippen molar-refractivity contribution < 1.29 is 5.11 Å². The number of guanidine groups is 1. The quantitative estimate of drug-likeness (QED) is 0.237. The molecule has 0 radical (unpaired) electrons. The standard InChI is InChI=1S/C7H18N4O/c1-5(12)6(8)3-2-4-11-7(9)10/h5-6,12H,2-4,8H2,1H3,(H4,9,10,11)/t5?,6-/m0/s1. The van der Waals surface area contributed by atoms with Gasteiger partial charge in [-0.1, -0.05) is 0 Å². The number of nitrogens with two attached hydrogens (primary N) is 3. The lowest BCUT2D eigenvalue weighted by atomic mass is 10.1. The van der Waals surface area contributed by atoms with E-state index in [0.717, 1.165) is 12.8 Å². The van der Waals surface area contributed by atoms with E-state index < -0.39 is 6.10 Å². The Labute approximate surface area is 72.6 Å². The molecule has 0 saturated heterocycles. The second kappa shape index (κ2) is 5.79. The van der Waals surface area contributed by atoms with Crippen LogP contribution < -0.4 is 17.2 Å². The molecular formula is C7H18N4O. The molecule has 0 heterocycles. The van der Waals surface area contributed by atoms with Crippen LogP contribution in [0.2, 0.25) is 0 Å². The first-order valence-electron chi connectivity index (χ1n) is 4.03. The van der Waals surface area contributed by atoms with Gasteiger partial charge in [-0.15, -0.1) is 0 Å². The minimum Gasteiger partial charge on any atom is -0.392 e. The minimum atomic E-state index is -0.468. The van der Waals surface area contributed by atoms with Gasteiger partial charge in [-0.05, 0) is 19.8 Å². The van der Waals surface area contributed by atoms with E-state index in [1.165, 1.54) is 0 Å². The molecule has 1 unspecified atom stereocenters. The van der Waals surface area contributed by atoms with Gasteiger partial charge in [-0.2, -0.15) is 0 Å². The van der Waals surface area contributed by atoms with E-state index >= 15 is 0 Å². The molecule has 12 heavy (non-hydrogen) atoms. The fourth-order valence-electron chi connectivity index (χ4n) is 0.776. The van der Waals surface area contributed by atoms with Crippen molar-refractivity contribution in [3.63, 3.8) is 0 Å². The van der Waals surface area contributed by atoms with Crippen molar-refractivity contribution in [3.8, 4) is 0 Å². The Bertz CT molecular complexity index is 142. The third-order valence-corrected chi connectivity index (χ3v) is 1.61. The highest BCUT2D eigenvalue weighted by Crippen LogP contribution is 1.99. The fourth-order valence-corrected chi connectivity index (χ4v) is 0.776. The van der Waals surface area contributed by atoms with E-state index in [1.807, 2.05) is 0 Å². The van der Waals surface area contributed by atoms with Crippen LogP contribution in [0, 0.1) is 0 Å². The molecule has 7 N–H and O–H groups in total. The van der Waals surface area contributed by atoms with Gasteiger partial charge in [0.05, 0.1) is 6.10 Å². The summed E-state index contributed by atoms with van der Waals surface area (Å²) in [7, 11) is 0. The van der Waals surface area contributed by atoms with Crippen LogP contribution in [-0.4, -0.2) is 29.8 Å². The third-order valence-electron chi connectivity index (χ3n) is 1.61. The maximum absolute atomic E-state index is 9.02. The van der Waals surface area contributed by atoms with E-state index in [4.69, 9.17) is 22.3 Å². The van der Waals surface area contributed by atoms with E-state index in [2.05, 4.69) is 4.99 Å². The first kappa shape index (κ1) is 11.2. The van der Waals surface area contributed by atoms with Crippen molar-refractivity contribution in [2.75, 3.05) is 6.54 Å². The first-order chi connectivity index (χ1) is 5.54. The van der Waals surface area contributed by atoms with Crippen LogP contribution in [0.25, 0.3) is 0 Å². The zero-order chi connectivity index (χ0) is 9.56. The summed E-state index contributed by atoms with van der Waals surface area (Å²) >= 11 is 0. The average Bonchev–Trinajstić information content (AvgIpc) is 1.97. The van der Waals surface area contributed by atoms with Gasteiger partial charge in [0.2, 0.25) is 0 Å². The Kier molecular flexibility index (Phi) is 5.40. The van der Waals surface area contributed by atoms with Gasteiger partial charge in [0.15, 0.2) is 5.96 Å². The van der Waals surface area contributed by atoms with Crippen molar-refractivity contribution >= 4 is 5.96 Å². The van der Waals surface area contributed by atoms with Crippen LogP contribution in [-0.2, 0) is 0 Å². The molecule has 0 bridgehead atoms. The zero-order valence-electron chi connectivity index (χ0n) is 7.40. The van der Waals surface area contributed by atoms with Crippen LogP contribution in [0.4, 0.5) is 0 Å². The first-order valence-corrected chi connectivity index (χ1v) is 4.03. The summed E-state index contributed by atoms with van der Waals surface area (Å²) in [5.41, 5.74) is 15.8. The highest BCUT2D eigenvalue weighted by Gasteiger charge is 2.07. The van der Waals surface area contributed by atoms with E-state index in [0.29, 0.717) is 6.54 Å².